The minimum atomic E-state index is -3.94. The van der Waals surface area contributed by atoms with Gasteiger partial charge in [-0.1, -0.05) is 11.6 Å². The quantitative estimate of drug-likeness (QED) is 0.839. The second kappa shape index (κ2) is 5.94. The summed E-state index contributed by atoms with van der Waals surface area (Å²) < 4.78 is 38.1. The molecule has 120 valence electrons. The van der Waals surface area contributed by atoms with Crippen LogP contribution in [0.1, 0.15) is 12.8 Å². The van der Waals surface area contributed by atoms with Crippen molar-refractivity contribution >= 4 is 27.5 Å². The molecule has 2 aliphatic heterocycles. The van der Waals surface area contributed by atoms with Gasteiger partial charge in [0.1, 0.15) is 24.2 Å². The first-order valence-electron chi connectivity index (χ1n) is 6.86. The SMILES string of the molecule is O=C1NCCC[C@@H]1NS(=O)(=O)c1cc2c(cc1Cl)OCCO2. The van der Waals surface area contributed by atoms with Crippen molar-refractivity contribution in [2.45, 2.75) is 23.8 Å². The summed E-state index contributed by atoms with van der Waals surface area (Å²) in [5, 5.41) is 2.65. The van der Waals surface area contributed by atoms with Crippen LogP contribution < -0.4 is 19.5 Å². The van der Waals surface area contributed by atoms with Gasteiger partial charge < -0.3 is 14.8 Å². The summed E-state index contributed by atoms with van der Waals surface area (Å²) >= 11 is 6.04. The Kier molecular flexibility index (Phi) is 4.16. The first-order chi connectivity index (χ1) is 10.5. The number of benzene rings is 1. The molecule has 2 N–H and O–H groups in total. The Hall–Kier alpha value is -1.51. The zero-order valence-electron chi connectivity index (χ0n) is 11.6. The van der Waals surface area contributed by atoms with Gasteiger partial charge in [-0.15, -0.1) is 0 Å². The fourth-order valence-electron chi connectivity index (χ4n) is 2.39. The van der Waals surface area contributed by atoms with Gasteiger partial charge in [0.05, 0.1) is 5.02 Å². The van der Waals surface area contributed by atoms with Crippen LogP contribution in [0.25, 0.3) is 0 Å². The van der Waals surface area contributed by atoms with Crippen molar-refractivity contribution in [2.75, 3.05) is 19.8 Å². The fraction of sp³-hybridized carbons (Fsp3) is 0.462. The number of halogens is 1. The molecule has 1 aromatic rings. The zero-order chi connectivity index (χ0) is 15.7. The summed E-state index contributed by atoms with van der Waals surface area (Å²) in [6.07, 6.45) is 1.17. The number of carbonyl (C=O) groups excluding carboxylic acids is 1. The minimum Gasteiger partial charge on any atom is -0.486 e. The molecule has 2 heterocycles. The van der Waals surface area contributed by atoms with E-state index in [2.05, 4.69) is 10.0 Å². The van der Waals surface area contributed by atoms with Crippen molar-refractivity contribution in [3.05, 3.63) is 17.2 Å². The smallest absolute Gasteiger partial charge is 0.242 e. The molecule has 3 rings (SSSR count). The number of ether oxygens (including phenoxy) is 2. The Labute approximate surface area is 133 Å². The highest BCUT2D eigenvalue weighted by Crippen LogP contribution is 2.37. The van der Waals surface area contributed by atoms with E-state index in [1.165, 1.54) is 12.1 Å². The third kappa shape index (κ3) is 2.99. The van der Waals surface area contributed by atoms with Crippen LogP contribution >= 0.6 is 11.6 Å². The van der Waals surface area contributed by atoms with Crippen molar-refractivity contribution < 1.29 is 22.7 Å². The number of nitrogens with one attached hydrogen (secondary N) is 2. The number of hydrogen-bond acceptors (Lipinski definition) is 5. The Bertz CT molecular complexity index is 707. The van der Waals surface area contributed by atoms with Gasteiger partial charge in [-0.05, 0) is 12.8 Å². The molecule has 0 saturated carbocycles. The number of sulfonamides is 1. The van der Waals surface area contributed by atoms with Crippen LogP contribution in [0.3, 0.4) is 0 Å². The number of carbonyl (C=O) groups is 1. The first kappa shape index (κ1) is 15.4. The van der Waals surface area contributed by atoms with Crippen molar-refractivity contribution in [3.63, 3.8) is 0 Å². The molecule has 2 aliphatic rings. The van der Waals surface area contributed by atoms with Crippen LogP contribution in [-0.4, -0.2) is 40.1 Å². The summed E-state index contributed by atoms with van der Waals surface area (Å²) in [7, 11) is -3.94. The number of hydrogen-bond donors (Lipinski definition) is 2. The fourth-order valence-corrected chi connectivity index (χ4v) is 4.15. The van der Waals surface area contributed by atoms with E-state index in [0.717, 1.165) is 0 Å². The highest BCUT2D eigenvalue weighted by molar-refractivity contribution is 7.89. The van der Waals surface area contributed by atoms with E-state index < -0.39 is 16.1 Å². The molecule has 0 radical (unpaired) electrons. The Morgan fingerprint density at radius 2 is 1.91 bits per heavy atom. The Balaban J connectivity index is 1.90. The van der Waals surface area contributed by atoms with Gasteiger partial charge in [-0.3, -0.25) is 4.79 Å². The molecule has 1 saturated heterocycles. The maximum absolute atomic E-state index is 12.5. The van der Waals surface area contributed by atoms with E-state index in [-0.39, 0.29) is 15.8 Å². The summed E-state index contributed by atoms with van der Waals surface area (Å²) in [5.74, 6) is 0.401. The van der Waals surface area contributed by atoms with Gasteiger partial charge in [-0.25, -0.2) is 8.42 Å². The molecule has 1 aromatic carbocycles. The molecular formula is C13H15ClN2O5S. The van der Waals surface area contributed by atoms with E-state index in [9.17, 15) is 13.2 Å². The van der Waals surface area contributed by atoms with Gasteiger partial charge >= 0.3 is 0 Å². The molecular weight excluding hydrogens is 332 g/mol. The summed E-state index contributed by atoms with van der Waals surface area (Å²) in [6.45, 7) is 1.28. The number of piperidine rings is 1. The van der Waals surface area contributed by atoms with Crippen LogP contribution in [0.15, 0.2) is 17.0 Å². The lowest BCUT2D eigenvalue weighted by atomic mass is 10.1. The number of rotatable bonds is 3. The predicted molar refractivity (Wildman–Crippen MR) is 78.8 cm³/mol. The van der Waals surface area contributed by atoms with E-state index in [0.29, 0.717) is 44.1 Å². The van der Waals surface area contributed by atoms with E-state index in [1.54, 1.807) is 0 Å². The largest absolute Gasteiger partial charge is 0.486 e. The monoisotopic (exact) mass is 346 g/mol. The molecule has 7 nitrogen and oxygen atoms in total. The van der Waals surface area contributed by atoms with Gasteiger partial charge in [-0.2, -0.15) is 4.72 Å². The molecule has 9 heteroatoms. The zero-order valence-corrected chi connectivity index (χ0v) is 13.2. The van der Waals surface area contributed by atoms with E-state index in [4.69, 9.17) is 21.1 Å². The number of fused-ring (bicyclic) bond motifs is 1. The van der Waals surface area contributed by atoms with Crippen molar-refractivity contribution in [2.24, 2.45) is 0 Å². The molecule has 0 spiro atoms. The van der Waals surface area contributed by atoms with Gasteiger partial charge in [0.25, 0.3) is 0 Å². The molecule has 1 fully saturated rings. The molecule has 1 amide bonds. The Morgan fingerprint density at radius 1 is 1.23 bits per heavy atom. The first-order valence-corrected chi connectivity index (χ1v) is 8.73. The van der Waals surface area contributed by atoms with Crippen LogP contribution in [0.4, 0.5) is 0 Å². The lowest BCUT2D eigenvalue weighted by Crippen LogP contribution is -2.50. The Morgan fingerprint density at radius 3 is 2.59 bits per heavy atom. The lowest BCUT2D eigenvalue weighted by molar-refractivity contribution is -0.124. The average Bonchev–Trinajstić information content (AvgIpc) is 2.48. The minimum absolute atomic E-state index is 0.0213. The molecule has 0 aliphatic carbocycles. The van der Waals surface area contributed by atoms with Gasteiger partial charge in [0.15, 0.2) is 11.5 Å². The third-order valence-electron chi connectivity index (χ3n) is 3.47. The summed E-state index contributed by atoms with van der Waals surface area (Å²) in [6, 6.07) is 1.94. The predicted octanol–water partition coefficient (Wildman–Crippen LogP) is 0.668. The maximum Gasteiger partial charge on any atom is 0.242 e. The second-order valence-corrected chi connectivity index (χ2v) is 7.12. The summed E-state index contributed by atoms with van der Waals surface area (Å²) in [5.41, 5.74) is 0. The molecule has 22 heavy (non-hydrogen) atoms. The van der Waals surface area contributed by atoms with Crippen molar-refractivity contribution in [1.82, 2.24) is 10.0 Å². The third-order valence-corrected chi connectivity index (χ3v) is 5.41. The standard InChI is InChI=1S/C13H15ClN2O5S/c14-8-6-10-11(21-5-4-20-10)7-12(8)22(18,19)16-9-2-1-3-15-13(9)17/h6-7,9,16H,1-5H2,(H,15,17)/t9-/m0/s1. The van der Waals surface area contributed by atoms with E-state index in [1.807, 2.05) is 0 Å². The maximum atomic E-state index is 12.5. The molecule has 0 bridgehead atoms. The van der Waals surface area contributed by atoms with Crippen molar-refractivity contribution in [1.29, 1.82) is 0 Å². The molecule has 1 atom stereocenters. The number of amides is 1. The second-order valence-electron chi connectivity index (χ2n) is 5.03. The van der Waals surface area contributed by atoms with Crippen LogP contribution in [0.2, 0.25) is 5.02 Å². The van der Waals surface area contributed by atoms with Crippen LogP contribution in [-0.2, 0) is 14.8 Å². The summed E-state index contributed by atoms with van der Waals surface area (Å²) in [4.78, 5) is 11.6. The molecule has 0 unspecified atom stereocenters. The van der Waals surface area contributed by atoms with Gasteiger partial charge in [0.2, 0.25) is 15.9 Å². The molecule has 0 aromatic heterocycles. The topological polar surface area (TPSA) is 93.7 Å². The highest BCUT2D eigenvalue weighted by Gasteiger charge is 2.30. The van der Waals surface area contributed by atoms with Crippen molar-refractivity contribution in [3.8, 4) is 11.5 Å². The highest BCUT2D eigenvalue weighted by atomic mass is 35.5. The average molecular weight is 347 g/mol. The lowest BCUT2D eigenvalue weighted by Gasteiger charge is -2.24. The van der Waals surface area contributed by atoms with E-state index >= 15 is 0 Å². The normalized spacial score (nSPS) is 21.3. The van der Waals surface area contributed by atoms with Crippen LogP contribution in [0, 0.1) is 0 Å². The van der Waals surface area contributed by atoms with Crippen LogP contribution in [0.5, 0.6) is 11.5 Å². The van der Waals surface area contributed by atoms with Gasteiger partial charge in [0, 0.05) is 18.7 Å².